The second-order valence-corrected chi connectivity index (χ2v) is 7.14. The summed E-state index contributed by atoms with van der Waals surface area (Å²) in [5.74, 6) is 0.919. The lowest BCUT2D eigenvalue weighted by Crippen LogP contribution is -2.28. The molecule has 0 saturated carbocycles. The molecule has 0 aromatic carbocycles. The third-order valence-corrected chi connectivity index (χ3v) is 4.28. The minimum Gasteiger partial charge on any atom is -0.303 e. The van der Waals surface area contributed by atoms with E-state index in [0.29, 0.717) is 11.7 Å². The summed E-state index contributed by atoms with van der Waals surface area (Å²) in [7, 11) is 3.02. The summed E-state index contributed by atoms with van der Waals surface area (Å²) in [6.07, 6.45) is 0. The Labute approximate surface area is 100 Å². The Hall–Kier alpha value is -0.620. The van der Waals surface area contributed by atoms with Crippen molar-refractivity contribution in [2.45, 2.75) is 38.3 Å². The van der Waals surface area contributed by atoms with Crippen LogP contribution in [0.4, 0.5) is 0 Å². The van der Waals surface area contributed by atoms with E-state index in [1.165, 1.54) is 4.57 Å². The molecular formula is C9H16ClN3O2S. The summed E-state index contributed by atoms with van der Waals surface area (Å²) in [5, 5.41) is 7.34. The normalized spacial score (nSPS) is 13.4. The molecule has 5 nitrogen and oxygen atoms in total. The number of nitrogens with zero attached hydrogens (tertiary/aromatic N) is 3. The molecule has 1 heterocycles. The van der Waals surface area contributed by atoms with Crippen LogP contribution in [0.1, 0.15) is 33.5 Å². The highest BCUT2D eigenvalue weighted by molar-refractivity contribution is 8.13. The number of rotatable bonds is 3. The number of hydrogen-bond donors (Lipinski definition) is 0. The molecule has 0 N–H and O–H groups in total. The lowest BCUT2D eigenvalue weighted by Gasteiger charge is -2.27. The SMILES string of the molecule is CC(C)C(C)(C)c1nnc(S(=O)(=O)Cl)n1C. The van der Waals surface area contributed by atoms with Crippen molar-refractivity contribution in [3.05, 3.63) is 5.82 Å². The van der Waals surface area contributed by atoms with Crippen molar-refractivity contribution < 1.29 is 8.42 Å². The maximum atomic E-state index is 11.2. The Balaban J connectivity index is 3.36. The van der Waals surface area contributed by atoms with Crippen molar-refractivity contribution in [3.63, 3.8) is 0 Å². The highest BCUT2D eigenvalue weighted by Gasteiger charge is 2.32. The van der Waals surface area contributed by atoms with Gasteiger partial charge in [0.25, 0.3) is 14.2 Å². The van der Waals surface area contributed by atoms with Crippen LogP contribution in [0.5, 0.6) is 0 Å². The van der Waals surface area contributed by atoms with Crippen LogP contribution in [0.3, 0.4) is 0 Å². The molecule has 0 aliphatic heterocycles. The van der Waals surface area contributed by atoms with Crippen molar-refractivity contribution in [3.8, 4) is 0 Å². The lowest BCUT2D eigenvalue weighted by atomic mass is 9.80. The highest BCUT2D eigenvalue weighted by atomic mass is 35.7. The molecule has 0 amide bonds. The summed E-state index contributed by atoms with van der Waals surface area (Å²) in [6, 6.07) is 0. The van der Waals surface area contributed by atoms with E-state index in [0.717, 1.165) is 0 Å². The smallest absolute Gasteiger partial charge is 0.296 e. The van der Waals surface area contributed by atoms with Crippen LogP contribution >= 0.6 is 10.7 Å². The summed E-state index contributed by atoms with van der Waals surface area (Å²) in [5.41, 5.74) is -0.262. The van der Waals surface area contributed by atoms with Crippen LogP contribution in [-0.2, 0) is 21.5 Å². The fourth-order valence-electron chi connectivity index (χ4n) is 1.35. The minimum absolute atomic E-state index is 0.210. The molecule has 1 rings (SSSR count). The Morgan fingerprint density at radius 3 is 2.12 bits per heavy atom. The second kappa shape index (κ2) is 4.00. The van der Waals surface area contributed by atoms with Crippen LogP contribution < -0.4 is 0 Å². The van der Waals surface area contributed by atoms with Crippen LogP contribution in [0.25, 0.3) is 0 Å². The van der Waals surface area contributed by atoms with Gasteiger partial charge in [-0.2, -0.15) is 0 Å². The minimum atomic E-state index is -3.84. The Morgan fingerprint density at radius 2 is 1.81 bits per heavy atom. The van der Waals surface area contributed by atoms with E-state index < -0.39 is 9.05 Å². The summed E-state index contributed by atoms with van der Waals surface area (Å²) in [4.78, 5) is 0. The van der Waals surface area contributed by atoms with Crippen molar-refractivity contribution in [1.29, 1.82) is 0 Å². The first-order chi connectivity index (χ1) is 7.08. The van der Waals surface area contributed by atoms with Gasteiger partial charge in [0.2, 0.25) is 0 Å². The molecule has 0 fully saturated rings. The van der Waals surface area contributed by atoms with Crippen LogP contribution in [0.15, 0.2) is 5.16 Å². The van der Waals surface area contributed by atoms with Gasteiger partial charge in [-0.05, 0) is 5.92 Å². The van der Waals surface area contributed by atoms with Crippen molar-refractivity contribution >= 4 is 19.7 Å². The molecule has 0 atom stereocenters. The second-order valence-electron chi connectivity index (χ2n) is 4.68. The van der Waals surface area contributed by atoms with E-state index in [1.54, 1.807) is 7.05 Å². The first kappa shape index (κ1) is 13.4. The first-order valence-electron chi connectivity index (χ1n) is 4.93. The fraction of sp³-hybridized carbons (Fsp3) is 0.778. The van der Waals surface area contributed by atoms with E-state index >= 15 is 0 Å². The van der Waals surface area contributed by atoms with Gasteiger partial charge < -0.3 is 4.57 Å². The van der Waals surface area contributed by atoms with Gasteiger partial charge in [0, 0.05) is 23.1 Å². The van der Waals surface area contributed by atoms with Gasteiger partial charge in [0.1, 0.15) is 5.82 Å². The molecule has 0 bridgehead atoms. The van der Waals surface area contributed by atoms with E-state index in [4.69, 9.17) is 10.7 Å². The van der Waals surface area contributed by atoms with E-state index in [1.807, 2.05) is 27.7 Å². The molecule has 0 unspecified atom stereocenters. The Morgan fingerprint density at radius 1 is 1.31 bits per heavy atom. The predicted octanol–water partition coefficient (Wildman–Crippen LogP) is 1.68. The molecule has 16 heavy (non-hydrogen) atoms. The first-order valence-corrected chi connectivity index (χ1v) is 7.24. The van der Waals surface area contributed by atoms with Gasteiger partial charge in [-0.1, -0.05) is 27.7 Å². The lowest BCUT2D eigenvalue weighted by molar-refractivity contribution is 0.340. The largest absolute Gasteiger partial charge is 0.303 e. The molecule has 0 radical (unpaired) electrons. The fourth-order valence-corrected chi connectivity index (χ4v) is 2.30. The van der Waals surface area contributed by atoms with Crippen LogP contribution in [0, 0.1) is 5.92 Å². The highest BCUT2D eigenvalue weighted by Crippen LogP contribution is 2.30. The molecule has 1 aromatic rings. The van der Waals surface area contributed by atoms with Crippen molar-refractivity contribution in [2.24, 2.45) is 13.0 Å². The molecule has 0 aliphatic rings. The molecule has 92 valence electrons. The third kappa shape index (κ3) is 2.22. The monoisotopic (exact) mass is 265 g/mol. The predicted molar refractivity (Wildman–Crippen MR) is 61.9 cm³/mol. The van der Waals surface area contributed by atoms with Gasteiger partial charge in [-0.3, -0.25) is 0 Å². The molecule has 0 saturated heterocycles. The summed E-state index contributed by atoms with van der Waals surface area (Å²) >= 11 is 0. The maximum Gasteiger partial charge on any atom is 0.296 e. The molecule has 0 spiro atoms. The van der Waals surface area contributed by atoms with Gasteiger partial charge in [-0.25, -0.2) is 8.42 Å². The van der Waals surface area contributed by atoms with Crippen LogP contribution in [0.2, 0.25) is 0 Å². The summed E-state index contributed by atoms with van der Waals surface area (Å²) in [6.45, 7) is 8.08. The van der Waals surface area contributed by atoms with E-state index in [2.05, 4.69) is 10.2 Å². The molecule has 0 aliphatic carbocycles. The molecule has 1 aromatic heterocycles. The van der Waals surface area contributed by atoms with Gasteiger partial charge in [-0.15, -0.1) is 10.2 Å². The van der Waals surface area contributed by atoms with Crippen molar-refractivity contribution in [2.75, 3.05) is 0 Å². The van der Waals surface area contributed by atoms with Crippen molar-refractivity contribution in [1.82, 2.24) is 14.8 Å². The average molecular weight is 266 g/mol. The number of halogens is 1. The van der Waals surface area contributed by atoms with E-state index in [9.17, 15) is 8.42 Å². The van der Waals surface area contributed by atoms with E-state index in [-0.39, 0.29) is 10.6 Å². The average Bonchev–Trinajstić information content (AvgIpc) is 2.45. The van der Waals surface area contributed by atoms with Gasteiger partial charge in [0.05, 0.1) is 0 Å². The zero-order valence-corrected chi connectivity index (χ0v) is 11.6. The molecule has 7 heteroatoms. The summed E-state index contributed by atoms with van der Waals surface area (Å²) < 4.78 is 23.8. The zero-order chi connectivity index (χ0) is 12.7. The van der Waals surface area contributed by atoms with Crippen LogP contribution in [-0.4, -0.2) is 23.2 Å². The topological polar surface area (TPSA) is 64.8 Å². The standard InChI is InChI=1S/C9H16ClN3O2S/c1-6(2)9(3,4)7-11-12-8(13(7)5)16(10,14)15/h6H,1-5H3. The third-order valence-electron chi connectivity index (χ3n) is 3.07. The Bertz CT molecular complexity index is 491. The van der Waals surface area contributed by atoms with Gasteiger partial charge >= 0.3 is 0 Å². The zero-order valence-electron chi connectivity index (χ0n) is 10.0. The molecular weight excluding hydrogens is 250 g/mol. The number of hydrogen-bond acceptors (Lipinski definition) is 4. The maximum absolute atomic E-state index is 11.2. The Kier molecular flexibility index (Phi) is 3.36. The number of aromatic nitrogens is 3. The quantitative estimate of drug-likeness (QED) is 0.780. The van der Waals surface area contributed by atoms with Gasteiger partial charge in [0.15, 0.2) is 0 Å².